The van der Waals surface area contributed by atoms with E-state index in [1.165, 1.54) is 0 Å². The van der Waals surface area contributed by atoms with E-state index in [0.717, 1.165) is 55.4 Å². The van der Waals surface area contributed by atoms with Crippen LogP contribution in [0.5, 0.6) is 0 Å². The van der Waals surface area contributed by atoms with Crippen molar-refractivity contribution in [3.63, 3.8) is 0 Å². The summed E-state index contributed by atoms with van der Waals surface area (Å²) in [7, 11) is 0. The van der Waals surface area contributed by atoms with Crippen molar-refractivity contribution in [2.24, 2.45) is 0 Å². The van der Waals surface area contributed by atoms with E-state index in [2.05, 4.69) is 30.1 Å². The Morgan fingerprint density at radius 1 is 0.931 bits per heavy atom. The van der Waals surface area contributed by atoms with Crippen LogP contribution in [0.2, 0.25) is 0 Å². The molecule has 0 spiro atoms. The fourth-order valence-corrected chi connectivity index (χ4v) is 3.85. The molecule has 0 unspecified atom stereocenters. The Morgan fingerprint density at radius 3 is 2.48 bits per heavy atom. The van der Waals surface area contributed by atoms with E-state index in [0.29, 0.717) is 18.1 Å². The quantitative estimate of drug-likeness (QED) is 0.729. The van der Waals surface area contributed by atoms with Crippen molar-refractivity contribution in [2.45, 2.75) is 6.42 Å². The zero-order valence-corrected chi connectivity index (χ0v) is 16.0. The fraction of sp³-hybridized carbons (Fsp3) is 0.286. The summed E-state index contributed by atoms with van der Waals surface area (Å²) >= 11 is 0. The molecule has 8 nitrogen and oxygen atoms in total. The van der Waals surface area contributed by atoms with Crippen LogP contribution in [0, 0.1) is 0 Å². The van der Waals surface area contributed by atoms with E-state index in [9.17, 15) is 4.79 Å². The maximum Gasteiger partial charge on any atom is 0.270 e. The van der Waals surface area contributed by atoms with Gasteiger partial charge in [0.1, 0.15) is 17.3 Å². The van der Waals surface area contributed by atoms with Gasteiger partial charge in [-0.25, -0.2) is 15.0 Å². The van der Waals surface area contributed by atoms with E-state index >= 15 is 0 Å². The van der Waals surface area contributed by atoms with Crippen LogP contribution in [0.15, 0.2) is 48.9 Å². The van der Waals surface area contributed by atoms with E-state index in [4.69, 9.17) is 4.98 Å². The van der Waals surface area contributed by atoms with Crippen molar-refractivity contribution < 1.29 is 4.79 Å². The molecule has 4 heterocycles. The number of rotatable bonds is 3. The highest BCUT2D eigenvalue weighted by Gasteiger charge is 2.28. The van der Waals surface area contributed by atoms with Gasteiger partial charge in [-0.3, -0.25) is 9.78 Å². The van der Waals surface area contributed by atoms with Crippen LogP contribution in [-0.2, 0) is 6.42 Å². The van der Waals surface area contributed by atoms with Gasteiger partial charge in [-0.2, -0.15) is 0 Å². The number of hydrogen-bond donors (Lipinski definition) is 1. The number of hydrogen-bond acceptors (Lipinski definition) is 7. The Hall–Kier alpha value is -3.55. The molecule has 3 aromatic rings. The molecule has 0 atom stereocenters. The van der Waals surface area contributed by atoms with Gasteiger partial charge in [-0.15, -0.1) is 0 Å². The summed E-state index contributed by atoms with van der Waals surface area (Å²) in [5.41, 5.74) is 2.35. The minimum atomic E-state index is -0.120. The standard InChI is InChI=1S/C21H21N7O/c29-21-18-16(6-7-24-21)20(26-19(25-18)15-4-2-1-3-5-15)28-12-10-27(11-13-28)17-14-22-8-9-23-17/h1-5,8-9,14H,6-7,10-13H2,(H,24,29). The molecule has 5 rings (SSSR count). The molecule has 1 amide bonds. The molecule has 146 valence electrons. The largest absolute Gasteiger partial charge is 0.353 e. The van der Waals surface area contributed by atoms with Gasteiger partial charge in [0.15, 0.2) is 5.82 Å². The number of aromatic nitrogens is 4. The third-order valence-corrected chi connectivity index (χ3v) is 5.35. The second-order valence-electron chi connectivity index (χ2n) is 7.11. The van der Waals surface area contributed by atoms with Gasteiger partial charge in [0.2, 0.25) is 0 Å². The average molecular weight is 387 g/mol. The van der Waals surface area contributed by atoms with Crippen molar-refractivity contribution in [3.8, 4) is 11.4 Å². The SMILES string of the molecule is O=C1NCCc2c1nc(-c1ccccc1)nc2N1CCN(c2cnccn2)CC1. The summed E-state index contributed by atoms with van der Waals surface area (Å²) in [4.78, 5) is 35.1. The van der Waals surface area contributed by atoms with Gasteiger partial charge >= 0.3 is 0 Å². The minimum Gasteiger partial charge on any atom is -0.353 e. The molecule has 1 N–H and O–H groups in total. The summed E-state index contributed by atoms with van der Waals surface area (Å²) in [6, 6.07) is 9.81. The number of anilines is 2. The van der Waals surface area contributed by atoms with Crippen LogP contribution in [0.3, 0.4) is 0 Å². The number of benzene rings is 1. The summed E-state index contributed by atoms with van der Waals surface area (Å²) < 4.78 is 0. The van der Waals surface area contributed by atoms with E-state index in [1.807, 2.05) is 30.3 Å². The van der Waals surface area contributed by atoms with Crippen molar-refractivity contribution in [2.75, 3.05) is 42.5 Å². The average Bonchev–Trinajstić information content (AvgIpc) is 2.80. The summed E-state index contributed by atoms with van der Waals surface area (Å²) in [6.07, 6.45) is 5.94. The molecule has 8 heteroatoms. The lowest BCUT2D eigenvalue weighted by Crippen LogP contribution is -2.48. The number of carbonyl (C=O) groups excluding carboxylic acids is 1. The molecule has 0 bridgehead atoms. The second-order valence-corrected chi connectivity index (χ2v) is 7.11. The van der Waals surface area contributed by atoms with Gasteiger partial charge in [-0.1, -0.05) is 30.3 Å². The molecular formula is C21H21N7O. The minimum absolute atomic E-state index is 0.120. The molecule has 0 aliphatic carbocycles. The lowest BCUT2D eigenvalue weighted by Gasteiger charge is -2.37. The van der Waals surface area contributed by atoms with Gasteiger partial charge in [0.05, 0.1) is 6.20 Å². The molecule has 2 aliphatic heterocycles. The smallest absolute Gasteiger partial charge is 0.270 e. The van der Waals surface area contributed by atoms with Crippen molar-refractivity contribution in [1.82, 2.24) is 25.3 Å². The first-order valence-electron chi connectivity index (χ1n) is 9.80. The van der Waals surface area contributed by atoms with E-state index < -0.39 is 0 Å². The highest BCUT2D eigenvalue weighted by atomic mass is 16.1. The second kappa shape index (κ2) is 7.46. The van der Waals surface area contributed by atoms with E-state index in [1.54, 1.807) is 18.6 Å². The van der Waals surface area contributed by atoms with Gasteiger partial charge in [0.25, 0.3) is 5.91 Å². The predicted molar refractivity (Wildman–Crippen MR) is 110 cm³/mol. The molecule has 29 heavy (non-hydrogen) atoms. The van der Waals surface area contributed by atoms with Crippen LogP contribution in [-0.4, -0.2) is 58.6 Å². The van der Waals surface area contributed by atoms with Gasteiger partial charge in [-0.05, 0) is 6.42 Å². The summed E-state index contributed by atoms with van der Waals surface area (Å²) in [5, 5.41) is 2.90. The number of carbonyl (C=O) groups is 1. The van der Waals surface area contributed by atoms with Crippen LogP contribution in [0.1, 0.15) is 16.1 Å². The first-order chi connectivity index (χ1) is 14.3. The molecule has 2 aliphatic rings. The maximum absolute atomic E-state index is 12.5. The van der Waals surface area contributed by atoms with Crippen molar-refractivity contribution in [3.05, 3.63) is 60.2 Å². The third kappa shape index (κ3) is 3.37. The third-order valence-electron chi connectivity index (χ3n) is 5.35. The summed E-state index contributed by atoms with van der Waals surface area (Å²) in [6.45, 7) is 3.87. The van der Waals surface area contributed by atoms with Crippen LogP contribution >= 0.6 is 0 Å². The zero-order chi connectivity index (χ0) is 19.6. The Bertz CT molecular complexity index is 1020. The molecule has 2 aromatic heterocycles. The predicted octanol–water partition coefficient (Wildman–Crippen LogP) is 1.55. The van der Waals surface area contributed by atoms with Gasteiger partial charge < -0.3 is 15.1 Å². The Labute approximate surface area is 168 Å². The molecule has 0 radical (unpaired) electrons. The fourth-order valence-electron chi connectivity index (χ4n) is 3.85. The Morgan fingerprint density at radius 2 is 1.72 bits per heavy atom. The number of fused-ring (bicyclic) bond motifs is 1. The van der Waals surface area contributed by atoms with Crippen molar-refractivity contribution in [1.29, 1.82) is 0 Å². The van der Waals surface area contributed by atoms with Crippen LogP contribution in [0.25, 0.3) is 11.4 Å². The molecule has 1 fully saturated rings. The highest BCUT2D eigenvalue weighted by Crippen LogP contribution is 2.28. The lowest BCUT2D eigenvalue weighted by atomic mass is 10.0. The van der Waals surface area contributed by atoms with Crippen LogP contribution < -0.4 is 15.1 Å². The number of nitrogens with zero attached hydrogens (tertiary/aromatic N) is 6. The zero-order valence-electron chi connectivity index (χ0n) is 16.0. The molecule has 1 aromatic carbocycles. The topological polar surface area (TPSA) is 87.1 Å². The summed E-state index contributed by atoms with van der Waals surface area (Å²) in [5.74, 6) is 2.24. The first kappa shape index (κ1) is 17.5. The lowest BCUT2D eigenvalue weighted by molar-refractivity contribution is 0.0940. The normalized spacial score (nSPS) is 16.3. The highest BCUT2D eigenvalue weighted by molar-refractivity contribution is 5.96. The maximum atomic E-state index is 12.5. The molecular weight excluding hydrogens is 366 g/mol. The molecule has 0 saturated carbocycles. The number of amides is 1. The van der Waals surface area contributed by atoms with Crippen LogP contribution in [0.4, 0.5) is 11.6 Å². The van der Waals surface area contributed by atoms with Gasteiger partial charge in [0, 0.05) is 56.2 Å². The first-order valence-corrected chi connectivity index (χ1v) is 9.80. The number of piperazine rings is 1. The Balaban J connectivity index is 1.48. The Kier molecular flexibility index (Phi) is 4.51. The monoisotopic (exact) mass is 387 g/mol. The molecule has 1 saturated heterocycles. The number of nitrogens with one attached hydrogen (secondary N) is 1. The van der Waals surface area contributed by atoms with E-state index in [-0.39, 0.29) is 5.91 Å². The van der Waals surface area contributed by atoms with Crippen molar-refractivity contribution >= 4 is 17.5 Å².